The Hall–Kier alpha value is -4.01. The summed E-state index contributed by atoms with van der Waals surface area (Å²) in [6, 6.07) is 15.5. The number of hydrogen-bond donors (Lipinski definition) is 3. The van der Waals surface area contributed by atoms with Crippen LogP contribution in [0.4, 0.5) is 0 Å². The van der Waals surface area contributed by atoms with Gasteiger partial charge in [0.15, 0.2) is 0 Å². The quantitative estimate of drug-likeness (QED) is 0.277. The maximum absolute atomic E-state index is 14.1. The van der Waals surface area contributed by atoms with Gasteiger partial charge in [0.1, 0.15) is 6.04 Å². The molecule has 10 nitrogen and oxygen atoms in total. The number of benzene rings is 2. The molecule has 0 aliphatic rings. The van der Waals surface area contributed by atoms with Crippen LogP contribution in [-0.4, -0.2) is 63.3 Å². The highest BCUT2D eigenvalue weighted by Crippen LogP contribution is 2.29. The number of hydrogen-bond acceptors (Lipinski definition) is 7. The number of likely N-dealkylation sites (N-methyl/N-ethyl adjacent to an activating group) is 2. The standard InChI is InChI=1S/C35H49N5O5S/c1-23(2)28(20-24(3)31(41)39-46(44,45)22-26-14-12-11-13-15-26)40(10)33(43)30(34(4,5)6)38-32(42)29(37-9)35(7,8)27-18-16-25(21-36)17-19-27/h11-20,23,28-30,37H,22H2,1-10H3,(H,38,42)(H,39,41)/b24-20+/t28-,29-,30?/m1/s1. The molecule has 0 fully saturated rings. The summed E-state index contributed by atoms with van der Waals surface area (Å²) >= 11 is 0. The Bertz CT molecular complexity index is 1550. The Labute approximate surface area is 274 Å². The summed E-state index contributed by atoms with van der Waals surface area (Å²) in [7, 11) is -0.656. The molecule has 0 bridgehead atoms. The topological polar surface area (TPSA) is 148 Å². The van der Waals surface area contributed by atoms with Gasteiger partial charge in [-0.3, -0.25) is 14.4 Å². The molecule has 0 saturated heterocycles. The average molecular weight is 652 g/mol. The molecule has 0 heterocycles. The zero-order chi connectivity index (χ0) is 35.0. The van der Waals surface area contributed by atoms with Crippen molar-refractivity contribution in [3.8, 4) is 6.07 Å². The maximum Gasteiger partial charge on any atom is 0.260 e. The van der Waals surface area contributed by atoms with E-state index in [1.165, 1.54) is 11.8 Å². The first kappa shape index (κ1) is 38.2. The Morgan fingerprint density at radius 3 is 2.00 bits per heavy atom. The van der Waals surface area contributed by atoms with E-state index in [0.717, 1.165) is 5.56 Å². The van der Waals surface area contributed by atoms with Crippen LogP contribution in [0.1, 0.15) is 72.1 Å². The summed E-state index contributed by atoms with van der Waals surface area (Å²) in [5, 5.41) is 15.3. The lowest BCUT2D eigenvalue weighted by molar-refractivity contribution is -0.140. The zero-order valence-electron chi connectivity index (χ0n) is 28.6. The summed E-state index contributed by atoms with van der Waals surface area (Å²) in [6.07, 6.45) is 1.59. The van der Waals surface area contributed by atoms with E-state index in [1.807, 2.05) is 60.6 Å². The minimum Gasteiger partial charge on any atom is -0.342 e. The zero-order valence-corrected chi connectivity index (χ0v) is 29.5. The van der Waals surface area contributed by atoms with E-state index in [2.05, 4.69) is 21.4 Å². The fraction of sp³-hybridized carbons (Fsp3) is 0.486. The second-order valence-corrected chi connectivity index (χ2v) is 15.4. The number of amides is 3. The van der Waals surface area contributed by atoms with Gasteiger partial charge in [-0.15, -0.1) is 0 Å². The van der Waals surface area contributed by atoms with Gasteiger partial charge in [-0.25, -0.2) is 13.1 Å². The highest BCUT2D eigenvalue weighted by atomic mass is 32.2. The van der Waals surface area contributed by atoms with Crippen LogP contribution in [0.2, 0.25) is 0 Å². The maximum atomic E-state index is 14.1. The van der Waals surface area contributed by atoms with Crippen molar-refractivity contribution in [2.75, 3.05) is 14.1 Å². The third-order valence-corrected chi connectivity index (χ3v) is 9.34. The van der Waals surface area contributed by atoms with E-state index in [4.69, 9.17) is 0 Å². The second kappa shape index (κ2) is 15.5. The van der Waals surface area contributed by atoms with E-state index in [1.54, 1.807) is 62.6 Å². The van der Waals surface area contributed by atoms with E-state index >= 15 is 0 Å². The highest BCUT2D eigenvalue weighted by Gasteiger charge is 2.41. The Morgan fingerprint density at radius 2 is 1.52 bits per heavy atom. The largest absolute Gasteiger partial charge is 0.342 e. The predicted octanol–water partition coefficient (Wildman–Crippen LogP) is 4.03. The Kier molecular flexibility index (Phi) is 12.9. The van der Waals surface area contributed by atoms with Crippen LogP contribution >= 0.6 is 0 Å². The molecule has 2 rings (SSSR count). The lowest BCUT2D eigenvalue weighted by atomic mass is 9.76. The fourth-order valence-corrected chi connectivity index (χ4v) is 6.47. The second-order valence-electron chi connectivity index (χ2n) is 13.6. The Morgan fingerprint density at radius 1 is 0.957 bits per heavy atom. The van der Waals surface area contributed by atoms with Crippen molar-refractivity contribution in [1.82, 2.24) is 20.3 Å². The van der Waals surface area contributed by atoms with Crippen LogP contribution in [0.5, 0.6) is 0 Å². The number of sulfonamides is 1. The number of nitrogens with one attached hydrogen (secondary N) is 3. The van der Waals surface area contributed by atoms with Crippen molar-refractivity contribution in [2.24, 2.45) is 11.3 Å². The number of rotatable bonds is 13. The summed E-state index contributed by atoms with van der Waals surface area (Å²) in [4.78, 5) is 42.4. The molecular formula is C35H49N5O5S. The molecule has 3 atom stereocenters. The van der Waals surface area contributed by atoms with Gasteiger partial charge in [-0.1, -0.05) is 97.0 Å². The van der Waals surface area contributed by atoms with Crippen molar-refractivity contribution in [1.29, 1.82) is 5.26 Å². The normalized spacial score (nSPS) is 14.5. The van der Waals surface area contributed by atoms with Crippen molar-refractivity contribution in [3.63, 3.8) is 0 Å². The molecule has 0 radical (unpaired) electrons. The highest BCUT2D eigenvalue weighted by molar-refractivity contribution is 7.89. The van der Waals surface area contributed by atoms with Gasteiger partial charge in [0, 0.05) is 18.0 Å². The first-order valence-electron chi connectivity index (χ1n) is 15.3. The monoisotopic (exact) mass is 651 g/mol. The molecule has 0 saturated carbocycles. The van der Waals surface area contributed by atoms with Crippen LogP contribution in [0.25, 0.3) is 0 Å². The predicted molar refractivity (Wildman–Crippen MR) is 181 cm³/mol. The summed E-state index contributed by atoms with van der Waals surface area (Å²) < 4.78 is 27.5. The van der Waals surface area contributed by atoms with Crippen LogP contribution in [0.15, 0.2) is 66.2 Å². The van der Waals surface area contributed by atoms with Crippen LogP contribution in [0, 0.1) is 22.7 Å². The number of nitriles is 1. The molecular weight excluding hydrogens is 602 g/mol. The molecule has 250 valence electrons. The third-order valence-electron chi connectivity index (χ3n) is 8.13. The summed E-state index contributed by atoms with van der Waals surface area (Å²) in [6.45, 7) is 14.7. The smallest absolute Gasteiger partial charge is 0.260 e. The first-order valence-corrected chi connectivity index (χ1v) is 16.9. The lowest BCUT2D eigenvalue weighted by Crippen LogP contribution is -2.61. The van der Waals surface area contributed by atoms with Gasteiger partial charge in [-0.05, 0) is 48.6 Å². The van der Waals surface area contributed by atoms with E-state index in [-0.39, 0.29) is 29.1 Å². The van der Waals surface area contributed by atoms with Gasteiger partial charge in [-0.2, -0.15) is 5.26 Å². The van der Waals surface area contributed by atoms with Crippen molar-refractivity contribution >= 4 is 27.7 Å². The number of carbonyl (C=O) groups excluding carboxylic acids is 3. The molecule has 0 spiro atoms. The van der Waals surface area contributed by atoms with Crippen molar-refractivity contribution in [3.05, 3.63) is 82.9 Å². The average Bonchev–Trinajstić information content (AvgIpc) is 2.97. The number of carbonyl (C=O) groups is 3. The van der Waals surface area contributed by atoms with E-state index in [9.17, 15) is 28.1 Å². The van der Waals surface area contributed by atoms with Crippen LogP contribution < -0.4 is 15.4 Å². The lowest BCUT2D eigenvalue weighted by Gasteiger charge is -2.40. The molecule has 3 amide bonds. The molecule has 2 aromatic rings. The van der Waals surface area contributed by atoms with Crippen molar-refractivity contribution in [2.45, 2.75) is 84.7 Å². The molecule has 3 N–H and O–H groups in total. The van der Waals surface area contributed by atoms with Crippen LogP contribution in [-0.2, 0) is 35.6 Å². The van der Waals surface area contributed by atoms with Crippen LogP contribution in [0.3, 0.4) is 0 Å². The molecule has 0 aliphatic heterocycles. The molecule has 46 heavy (non-hydrogen) atoms. The summed E-state index contributed by atoms with van der Waals surface area (Å²) in [5.41, 5.74) is 0.680. The first-order chi connectivity index (χ1) is 21.2. The molecule has 11 heteroatoms. The van der Waals surface area contributed by atoms with Gasteiger partial charge in [0.2, 0.25) is 21.8 Å². The molecule has 0 aromatic heterocycles. The minimum atomic E-state index is -3.95. The van der Waals surface area contributed by atoms with Gasteiger partial charge >= 0.3 is 0 Å². The van der Waals surface area contributed by atoms with E-state index in [0.29, 0.717) is 11.1 Å². The third kappa shape index (κ3) is 9.99. The van der Waals surface area contributed by atoms with Crippen molar-refractivity contribution < 1.29 is 22.8 Å². The van der Waals surface area contributed by atoms with Gasteiger partial charge < -0.3 is 15.5 Å². The number of nitrogens with zero attached hydrogens (tertiary/aromatic N) is 2. The molecule has 1 unspecified atom stereocenters. The fourth-order valence-electron chi connectivity index (χ4n) is 5.32. The summed E-state index contributed by atoms with van der Waals surface area (Å²) in [5.74, 6) is -1.98. The van der Waals surface area contributed by atoms with Gasteiger partial charge in [0.25, 0.3) is 5.91 Å². The molecule has 2 aromatic carbocycles. The van der Waals surface area contributed by atoms with E-state index < -0.39 is 44.9 Å². The van der Waals surface area contributed by atoms with Gasteiger partial charge in [0.05, 0.1) is 29.5 Å². The SMILES string of the molecule is CN[C@H](C(=O)NC(C(=O)N(C)[C@H](/C=C(\C)C(=O)NS(=O)(=O)Cc1ccccc1)C(C)C)C(C)(C)C)C(C)(C)c1ccc(C#N)cc1. The Balaban J connectivity index is 2.31. The molecule has 0 aliphatic carbocycles. The minimum absolute atomic E-state index is 0.144.